The van der Waals surface area contributed by atoms with Crippen LogP contribution in [0.1, 0.15) is 38.3 Å². The van der Waals surface area contributed by atoms with E-state index in [4.69, 9.17) is 21.7 Å². The fraction of sp³-hybridized carbons (Fsp3) is 0.619. The predicted molar refractivity (Wildman–Crippen MR) is 115 cm³/mol. The van der Waals surface area contributed by atoms with Crippen molar-refractivity contribution in [2.45, 2.75) is 38.6 Å². The molecule has 3 aliphatic heterocycles. The molecule has 3 saturated heterocycles. The molecule has 2 bridgehead atoms. The lowest BCUT2D eigenvalue weighted by Crippen LogP contribution is -2.56. The quantitative estimate of drug-likeness (QED) is 0.726. The number of fused-ring (bicyclic) bond motifs is 3. The summed E-state index contributed by atoms with van der Waals surface area (Å²) in [6.45, 7) is 8.51. The van der Waals surface area contributed by atoms with E-state index in [-0.39, 0.29) is 0 Å². The zero-order valence-corrected chi connectivity index (χ0v) is 17.8. The molecule has 4 atom stereocenters. The van der Waals surface area contributed by atoms with E-state index < -0.39 is 0 Å². The maximum atomic E-state index is 5.53. The van der Waals surface area contributed by atoms with Gasteiger partial charge in [0.2, 0.25) is 0 Å². The molecule has 2 aromatic heterocycles. The average molecular weight is 402 g/mol. The van der Waals surface area contributed by atoms with Crippen molar-refractivity contribution in [2.75, 3.05) is 26.2 Å². The van der Waals surface area contributed by atoms with Gasteiger partial charge in [-0.05, 0) is 61.6 Å². The zero-order valence-electron chi connectivity index (χ0n) is 17.0. The van der Waals surface area contributed by atoms with Gasteiger partial charge in [0.1, 0.15) is 5.69 Å². The number of aryl methyl sites for hydroxylation is 1. The minimum Gasteiger partial charge on any atom is -0.463 e. The van der Waals surface area contributed by atoms with Gasteiger partial charge in [0.25, 0.3) is 0 Å². The topological polar surface area (TPSA) is 58.3 Å². The number of piperidine rings is 3. The Kier molecular flexibility index (Phi) is 5.73. The number of aromatic nitrogens is 2. The van der Waals surface area contributed by atoms with Gasteiger partial charge in [-0.25, -0.2) is 0 Å². The van der Waals surface area contributed by atoms with E-state index in [1.54, 1.807) is 6.26 Å². The third-order valence-corrected chi connectivity index (χ3v) is 6.41. The van der Waals surface area contributed by atoms with E-state index in [1.165, 1.54) is 25.1 Å². The predicted octanol–water partition coefficient (Wildman–Crippen LogP) is 2.98. The molecule has 2 aromatic rings. The second kappa shape index (κ2) is 8.25. The molecule has 0 amide bonds. The Labute approximate surface area is 172 Å². The number of rotatable bonds is 6. The second-order valence-corrected chi connectivity index (χ2v) is 8.99. The smallest absolute Gasteiger partial charge is 0.166 e. The third-order valence-electron chi connectivity index (χ3n) is 6.12. The van der Waals surface area contributed by atoms with Gasteiger partial charge in [-0.3, -0.25) is 9.58 Å². The summed E-state index contributed by atoms with van der Waals surface area (Å²) in [5.74, 6) is 2.68. The van der Waals surface area contributed by atoms with E-state index in [1.807, 2.05) is 16.8 Å². The zero-order chi connectivity index (χ0) is 19.7. The molecule has 152 valence electrons. The highest BCUT2D eigenvalue weighted by Gasteiger charge is 2.41. The van der Waals surface area contributed by atoms with Crippen molar-refractivity contribution in [1.82, 2.24) is 25.3 Å². The summed E-state index contributed by atoms with van der Waals surface area (Å²) < 4.78 is 7.57. The first-order valence-electron chi connectivity index (χ1n) is 10.3. The average Bonchev–Trinajstić information content (AvgIpc) is 3.34. The van der Waals surface area contributed by atoms with Crippen LogP contribution in [-0.4, -0.2) is 52.0 Å². The minimum absolute atomic E-state index is 0.539. The normalized spacial score (nSPS) is 26.6. The molecule has 2 N–H and O–H groups in total. The van der Waals surface area contributed by atoms with Crippen LogP contribution in [0, 0.1) is 11.8 Å². The first-order valence-corrected chi connectivity index (χ1v) is 10.8. The number of furan rings is 1. The summed E-state index contributed by atoms with van der Waals surface area (Å²) in [5, 5.41) is 12.2. The lowest BCUT2D eigenvalue weighted by molar-refractivity contribution is 0.0303. The van der Waals surface area contributed by atoms with Crippen LogP contribution in [0.4, 0.5) is 0 Å². The summed E-state index contributed by atoms with van der Waals surface area (Å²) in [6.07, 6.45) is 4.18. The summed E-state index contributed by atoms with van der Waals surface area (Å²) in [7, 11) is 2.05. The Balaban J connectivity index is 1.37. The van der Waals surface area contributed by atoms with E-state index in [2.05, 4.69) is 42.5 Å². The molecular weight excluding hydrogens is 370 g/mol. The molecular formula is C21H31N5OS. The van der Waals surface area contributed by atoms with E-state index in [0.29, 0.717) is 23.8 Å². The maximum Gasteiger partial charge on any atom is 0.166 e. The monoisotopic (exact) mass is 401 g/mol. The Hall–Kier alpha value is -1.86. The first-order chi connectivity index (χ1) is 13.5. The molecule has 0 aromatic carbocycles. The van der Waals surface area contributed by atoms with Crippen LogP contribution in [0.25, 0.3) is 11.5 Å². The van der Waals surface area contributed by atoms with Crippen molar-refractivity contribution in [3.05, 3.63) is 30.2 Å². The fourth-order valence-corrected chi connectivity index (χ4v) is 4.80. The van der Waals surface area contributed by atoms with E-state index >= 15 is 0 Å². The minimum atomic E-state index is 0.539. The maximum absolute atomic E-state index is 5.53. The molecule has 7 heteroatoms. The molecule has 1 unspecified atom stereocenters. The van der Waals surface area contributed by atoms with Crippen LogP contribution >= 0.6 is 12.2 Å². The largest absolute Gasteiger partial charge is 0.463 e. The number of hydrogen-bond acceptors (Lipinski definition) is 4. The second-order valence-electron chi connectivity index (χ2n) is 8.58. The van der Waals surface area contributed by atoms with Crippen LogP contribution in [0.5, 0.6) is 0 Å². The van der Waals surface area contributed by atoms with Crippen molar-refractivity contribution < 1.29 is 4.42 Å². The van der Waals surface area contributed by atoms with Gasteiger partial charge in [-0.2, -0.15) is 5.10 Å². The highest BCUT2D eigenvalue weighted by atomic mass is 32.1. The first kappa shape index (κ1) is 19.5. The van der Waals surface area contributed by atoms with Crippen LogP contribution < -0.4 is 10.6 Å². The third kappa shape index (κ3) is 4.10. The SMILES string of the molecule is CC(C)CNC(=S)NC[C@H]1C[C@H]2CCN1C[C@@H]2c1cc(-c2ccco2)nn1C. The van der Waals surface area contributed by atoms with Gasteiger partial charge >= 0.3 is 0 Å². The van der Waals surface area contributed by atoms with Crippen molar-refractivity contribution in [2.24, 2.45) is 18.9 Å². The Morgan fingerprint density at radius 1 is 1.39 bits per heavy atom. The lowest BCUT2D eigenvalue weighted by atomic mass is 9.74. The van der Waals surface area contributed by atoms with Gasteiger partial charge in [-0.15, -0.1) is 0 Å². The Morgan fingerprint density at radius 3 is 2.93 bits per heavy atom. The number of hydrogen-bond donors (Lipinski definition) is 2. The summed E-state index contributed by atoms with van der Waals surface area (Å²) >= 11 is 5.42. The molecule has 28 heavy (non-hydrogen) atoms. The van der Waals surface area contributed by atoms with Gasteiger partial charge in [0.05, 0.1) is 6.26 Å². The Bertz CT molecular complexity index is 800. The van der Waals surface area contributed by atoms with Crippen molar-refractivity contribution in [1.29, 1.82) is 0 Å². The standard InChI is InChI=1S/C21H31N5OS/c1-14(2)11-22-21(28)23-12-16-9-15-6-7-26(16)13-17(15)19-10-18(24-25(19)3)20-5-4-8-27-20/h4-5,8,10,14-17H,6-7,9,11-13H2,1-3H3,(H2,22,23,28)/t15-,16-,17+/m1/s1. The molecule has 0 aliphatic carbocycles. The van der Waals surface area contributed by atoms with Crippen molar-refractivity contribution in [3.8, 4) is 11.5 Å². The summed E-state index contributed by atoms with van der Waals surface area (Å²) in [4.78, 5) is 2.63. The van der Waals surface area contributed by atoms with Crippen LogP contribution in [-0.2, 0) is 7.05 Å². The van der Waals surface area contributed by atoms with Crippen LogP contribution in [0.2, 0.25) is 0 Å². The molecule has 0 spiro atoms. The lowest BCUT2D eigenvalue weighted by Gasteiger charge is -2.50. The summed E-state index contributed by atoms with van der Waals surface area (Å²) in [6, 6.07) is 6.66. The number of nitrogens with one attached hydrogen (secondary N) is 2. The molecule has 5 rings (SSSR count). The van der Waals surface area contributed by atoms with Gasteiger partial charge in [0.15, 0.2) is 10.9 Å². The van der Waals surface area contributed by atoms with Crippen molar-refractivity contribution >= 4 is 17.3 Å². The van der Waals surface area contributed by atoms with Crippen LogP contribution in [0.3, 0.4) is 0 Å². The van der Waals surface area contributed by atoms with E-state index in [9.17, 15) is 0 Å². The fourth-order valence-electron chi connectivity index (χ4n) is 4.63. The molecule has 0 radical (unpaired) electrons. The molecule has 5 heterocycles. The Morgan fingerprint density at radius 2 is 2.25 bits per heavy atom. The highest BCUT2D eigenvalue weighted by molar-refractivity contribution is 7.80. The molecule has 3 fully saturated rings. The molecule has 3 aliphatic rings. The van der Waals surface area contributed by atoms with Crippen LogP contribution in [0.15, 0.2) is 28.9 Å². The molecule has 6 nitrogen and oxygen atoms in total. The van der Waals surface area contributed by atoms with Gasteiger partial charge in [0, 0.05) is 44.3 Å². The van der Waals surface area contributed by atoms with Gasteiger partial charge in [-0.1, -0.05) is 13.8 Å². The van der Waals surface area contributed by atoms with Crippen molar-refractivity contribution in [3.63, 3.8) is 0 Å². The summed E-state index contributed by atoms with van der Waals surface area (Å²) in [5.41, 5.74) is 2.25. The van der Waals surface area contributed by atoms with E-state index in [0.717, 1.165) is 36.2 Å². The molecule has 0 saturated carbocycles. The number of nitrogens with zero attached hydrogens (tertiary/aromatic N) is 3. The van der Waals surface area contributed by atoms with Gasteiger partial charge < -0.3 is 15.1 Å². The number of thiocarbonyl (C=S) groups is 1. The highest BCUT2D eigenvalue weighted by Crippen LogP contribution is 2.42.